The van der Waals surface area contributed by atoms with Crippen LogP contribution in [0.1, 0.15) is 18.1 Å². The van der Waals surface area contributed by atoms with Crippen LogP contribution in [0.3, 0.4) is 0 Å². The molecular formula is C18H11FN2O6. The minimum absolute atomic E-state index is 0.0724. The number of ether oxygens (including phenoxy) is 2. The van der Waals surface area contributed by atoms with Crippen molar-refractivity contribution in [1.29, 1.82) is 0 Å². The second-order valence-corrected chi connectivity index (χ2v) is 5.42. The summed E-state index contributed by atoms with van der Waals surface area (Å²) in [5.41, 5.74) is 0.000717. The van der Waals surface area contributed by atoms with Crippen LogP contribution in [-0.4, -0.2) is 22.8 Å². The van der Waals surface area contributed by atoms with E-state index >= 15 is 0 Å². The number of benzene rings is 2. The predicted molar refractivity (Wildman–Crippen MR) is 91.4 cm³/mol. The average Bonchev–Trinajstić information content (AvgIpc) is 2.96. The van der Waals surface area contributed by atoms with E-state index in [0.29, 0.717) is 0 Å². The molecule has 1 aliphatic rings. The number of nitro groups is 1. The SMILES string of the molecule is CC(=O)Oc1ccc(/C=C2\N=C(c3cccc(F)c3)OC2=O)cc1[N+](=O)[O-]. The Labute approximate surface area is 151 Å². The van der Waals surface area contributed by atoms with Gasteiger partial charge in [-0.2, -0.15) is 0 Å². The number of rotatable bonds is 4. The zero-order chi connectivity index (χ0) is 19.6. The highest BCUT2D eigenvalue weighted by Crippen LogP contribution is 2.29. The lowest BCUT2D eigenvalue weighted by molar-refractivity contribution is -0.385. The number of nitrogens with zero attached hydrogens (tertiary/aromatic N) is 2. The molecule has 0 radical (unpaired) electrons. The average molecular weight is 370 g/mol. The van der Waals surface area contributed by atoms with E-state index in [1.807, 2.05) is 0 Å². The zero-order valence-corrected chi connectivity index (χ0v) is 13.8. The third-order valence-electron chi connectivity index (χ3n) is 3.43. The van der Waals surface area contributed by atoms with Gasteiger partial charge in [0.1, 0.15) is 5.82 Å². The Morgan fingerprint density at radius 3 is 2.74 bits per heavy atom. The van der Waals surface area contributed by atoms with E-state index in [2.05, 4.69) is 4.99 Å². The zero-order valence-electron chi connectivity index (χ0n) is 13.8. The molecule has 3 rings (SSSR count). The van der Waals surface area contributed by atoms with Crippen LogP contribution in [0.15, 0.2) is 53.2 Å². The number of cyclic esters (lactones) is 1. The Morgan fingerprint density at radius 2 is 2.07 bits per heavy atom. The highest BCUT2D eigenvalue weighted by molar-refractivity contribution is 6.12. The van der Waals surface area contributed by atoms with E-state index in [9.17, 15) is 24.1 Å². The highest BCUT2D eigenvalue weighted by Gasteiger charge is 2.25. The van der Waals surface area contributed by atoms with Crippen molar-refractivity contribution in [1.82, 2.24) is 0 Å². The van der Waals surface area contributed by atoms with Gasteiger partial charge in [-0.15, -0.1) is 0 Å². The van der Waals surface area contributed by atoms with E-state index in [0.717, 1.165) is 19.1 Å². The lowest BCUT2D eigenvalue weighted by Crippen LogP contribution is -2.05. The number of carbonyl (C=O) groups excluding carboxylic acids is 2. The second-order valence-electron chi connectivity index (χ2n) is 5.42. The molecule has 136 valence electrons. The molecule has 0 spiro atoms. The molecule has 1 heterocycles. The Kier molecular flexibility index (Phi) is 4.75. The lowest BCUT2D eigenvalue weighted by atomic mass is 10.1. The third-order valence-corrected chi connectivity index (χ3v) is 3.43. The summed E-state index contributed by atoms with van der Waals surface area (Å²) in [5, 5.41) is 11.2. The standard InChI is InChI=1S/C18H11FN2O6/c1-10(22)26-16-6-5-11(8-15(16)21(24)25)7-14-18(23)27-17(20-14)12-3-2-4-13(19)9-12/h2-9H,1H3/b14-7-. The molecule has 0 aliphatic carbocycles. The largest absolute Gasteiger partial charge is 0.419 e. The van der Waals surface area contributed by atoms with Crippen LogP contribution in [0.5, 0.6) is 5.75 Å². The quantitative estimate of drug-likeness (QED) is 0.269. The second kappa shape index (κ2) is 7.16. The molecule has 2 aromatic rings. The van der Waals surface area contributed by atoms with E-state index in [1.165, 1.54) is 36.4 Å². The minimum Gasteiger partial charge on any atom is -0.419 e. The maximum absolute atomic E-state index is 13.3. The van der Waals surface area contributed by atoms with Gasteiger partial charge in [-0.05, 0) is 35.9 Å². The van der Waals surface area contributed by atoms with Gasteiger partial charge < -0.3 is 9.47 Å². The van der Waals surface area contributed by atoms with Crippen molar-refractivity contribution in [3.63, 3.8) is 0 Å². The first kappa shape index (κ1) is 17.9. The fraction of sp³-hybridized carbons (Fsp3) is 0.0556. The van der Waals surface area contributed by atoms with Crippen LogP contribution >= 0.6 is 0 Å². The number of aliphatic imine (C=N–C) groups is 1. The number of hydrogen-bond donors (Lipinski definition) is 0. The van der Waals surface area contributed by atoms with Crippen molar-refractivity contribution in [3.05, 3.63) is 75.2 Å². The van der Waals surface area contributed by atoms with Gasteiger partial charge in [0, 0.05) is 18.6 Å². The maximum atomic E-state index is 13.3. The fourth-order valence-electron chi connectivity index (χ4n) is 2.32. The van der Waals surface area contributed by atoms with Crippen molar-refractivity contribution in [3.8, 4) is 5.75 Å². The van der Waals surface area contributed by atoms with Crippen LogP contribution in [0.2, 0.25) is 0 Å². The molecule has 8 nitrogen and oxygen atoms in total. The van der Waals surface area contributed by atoms with Gasteiger partial charge in [-0.25, -0.2) is 14.2 Å². The number of halogens is 1. The molecule has 0 fully saturated rings. The summed E-state index contributed by atoms with van der Waals surface area (Å²) < 4.78 is 23.1. The molecule has 0 unspecified atom stereocenters. The van der Waals surface area contributed by atoms with Crippen molar-refractivity contribution >= 4 is 29.6 Å². The van der Waals surface area contributed by atoms with Gasteiger partial charge in [0.25, 0.3) is 0 Å². The van der Waals surface area contributed by atoms with Gasteiger partial charge in [-0.3, -0.25) is 14.9 Å². The summed E-state index contributed by atoms with van der Waals surface area (Å²) in [5.74, 6) is -2.28. The summed E-state index contributed by atoms with van der Waals surface area (Å²) in [6.07, 6.45) is 1.28. The Hall–Kier alpha value is -3.88. The first-order chi connectivity index (χ1) is 12.8. The fourth-order valence-corrected chi connectivity index (χ4v) is 2.32. The number of esters is 2. The van der Waals surface area contributed by atoms with E-state index in [-0.39, 0.29) is 28.5 Å². The first-order valence-corrected chi connectivity index (χ1v) is 7.59. The summed E-state index contributed by atoms with van der Waals surface area (Å²) in [6.45, 7) is 1.12. The molecule has 0 saturated carbocycles. The van der Waals surface area contributed by atoms with Crippen LogP contribution in [0.25, 0.3) is 6.08 Å². The molecule has 0 saturated heterocycles. The van der Waals surface area contributed by atoms with Crippen molar-refractivity contribution < 1.29 is 28.4 Å². The summed E-state index contributed by atoms with van der Waals surface area (Å²) in [6, 6.07) is 9.16. The van der Waals surface area contributed by atoms with Gasteiger partial charge in [-0.1, -0.05) is 12.1 Å². The number of carbonyl (C=O) groups is 2. The Balaban J connectivity index is 1.96. The molecule has 0 aromatic heterocycles. The molecule has 1 aliphatic heterocycles. The smallest absolute Gasteiger partial charge is 0.363 e. The molecule has 0 bridgehead atoms. The van der Waals surface area contributed by atoms with Crippen LogP contribution in [0.4, 0.5) is 10.1 Å². The van der Waals surface area contributed by atoms with Gasteiger partial charge in [0.2, 0.25) is 11.6 Å². The predicted octanol–water partition coefficient (Wildman–Crippen LogP) is 3.00. The van der Waals surface area contributed by atoms with Crippen LogP contribution < -0.4 is 4.74 Å². The minimum atomic E-state index is -0.777. The summed E-state index contributed by atoms with van der Waals surface area (Å²) in [7, 11) is 0. The summed E-state index contributed by atoms with van der Waals surface area (Å²) >= 11 is 0. The topological polar surface area (TPSA) is 108 Å². The molecule has 2 aromatic carbocycles. The monoisotopic (exact) mass is 370 g/mol. The molecular weight excluding hydrogens is 359 g/mol. The van der Waals surface area contributed by atoms with E-state index < -0.39 is 28.4 Å². The summed E-state index contributed by atoms with van der Waals surface area (Å²) in [4.78, 5) is 37.5. The molecule has 27 heavy (non-hydrogen) atoms. The molecule has 0 N–H and O–H groups in total. The highest BCUT2D eigenvalue weighted by atomic mass is 19.1. The van der Waals surface area contributed by atoms with Crippen LogP contribution in [0, 0.1) is 15.9 Å². The number of nitro benzene ring substituents is 1. The third kappa shape index (κ3) is 4.03. The Bertz CT molecular complexity index is 1030. The van der Waals surface area contributed by atoms with Crippen molar-refractivity contribution in [2.45, 2.75) is 6.92 Å². The normalized spacial score (nSPS) is 14.7. The molecule has 0 atom stereocenters. The van der Waals surface area contributed by atoms with Crippen molar-refractivity contribution in [2.24, 2.45) is 4.99 Å². The lowest BCUT2D eigenvalue weighted by Gasteiger charge is -2.03. The van der Waals surface area contributed by atoms with Crippen LogP contribution in [-0.2, 0) is 14.3 Å². The Morgan fingerprint density at radius 1 is 1.30 bits per heavy atom. The van der Waals surface area contributed by atoms with E-state index in [1.54, 1.807) is 0 Å². The van der Waals surface area contributed by atoms with Gasteiger partial charge >= 0.3 is 17.6 Å². The molecule has 9 heteroatoms. The van der Waals surface area contributed by atoms with Crippen molar-refractivity contribution in [2.75, 3.05) is 0 Å². The van der Waals surface area contributed by atoms with Gasteiger partial charge in [0.05, 0.1) is 4.92 Å². The van der Waals surface area contributed by atoms with E-state index in [4.69, 9.17) is 9.47 Å². The first-order valence-electron chi connectivity index (χ1n) is 7.59. The molecule has 0 amide bonds. The maximum Gasteiger partial charge on any atom is 0.363 e. The number of hydrogen-bond acceptors (Lipinski definition) is 7. The van der Waals surface area contributed by atoms with Gasteiger partial charge in [0.15, 0.2) is 5.70 Å².